The number of hydrogen-bond acceptors (Lipinski definition) is 6. The Balaban J connectivity index is 1.74. The Labute approximate surface area is 148 Å². The largest absolute Gasteiger partial charge is 0.750 e. The minimum absolute atomic E-state index is 0.0389. The van der Waals surface area contributed by atoms with Crippen LogP contribution < -0.4 is 5.32 Å². The van der Waals surface area contributed by atoms with E-state index in [2.05, 4.69) is 9.50 Å². The summed E-state index contributed by atoms with van der Waals surface area (Å²) in [5.41, 5.74) is 2.87. The van der Waals surface area contributed by atoms with E-state index in [1.807, 2.05) is 54.6 Å². The van der Waals surface area contributed by atoms with Crippen LogP contribution in [0.2, 0.25) is 0 Å². The van der Waals surface area contributed by atoms with E-state index in [0.29, 0.717) is 17.9 Å². The normalized spacial score (nSPS) is 12.0. The Bertz CT molecular complexity index is 662. The van der Waals surface area contributed by atoms with Gasteiger partial charge >= 0.3 is 0 Å². The molecule has 0 aliphatic heterocycles. The van der Waals surface area contributed by atoms with Crippen LogP contribution in [-0.2, 0) is 27.7 Å². The maximum Gasteiger partial charge on any atom is 0.219 e. The summed E-state index contributed by atoms with van der Waals surface area (Å²) in [5, 5.41) is 2.91. The maximum atomic E-state index is 12.2. The number of hydrogen-bond donors (Lipinski definition) is 1. The van der Waals surface area contributed by atoms with Gasteiger partial charge in [-0.15, -0.1) is 0 Å². The van der Waals surface area contributed by atoms with Crippen LogP contribution in [0, 0.1) is 0 Å². The minimum Gasteiger partial charge on any atom is -0.750 e. The van der Waals surface area contributed by atoms with Crippen molar-refractivity contribution in [1.82, 2.24) is 5.32 Å². The van der Waals surface area contributed by atoms with Crippen LogP contribution in [-0.4, -0.2) is 27.2 Å². The third-order valence-corrected chi connectivity index (χ3v) is 4.54. The molecule has 24 heavy (non-hydrogen) atoms. The summed E-state index contributed by atoms with van der Waals surface area (Å²) in [6.07, 6.45) is 0.723. The van der Waals surface area contributed by atoms with E-state index in [-0.39, 0.29) is 11.8 Å². The fraction of sp³-hybridized carbons (Fsp3) is 0.235. The fourth-order valence-electron chi connectivity index (χ4n) is 2.01. The topological polar surface area (TPSA) is 78.5 Å². The molecule has 7 heteroatoms. The van der Waals surface area contributed by atoms with Crippen LogP contribution in [0.3, 0.4) is 0 Å². The lowest BCUT2D eigenvalue weighted by molar-refractivity contribution is 0.108. The summed E-state index contributed by atoms with van der Waals surface area (Å²) in [6.45, 7) is 0.552. The third kappa shape index (κ3) is 6.94. The summed E-state index contributed by atoms with van der Waals surface area (Å²) in [5.74, 6) is 0.659. The van der Waals surface area contributed by atoms with E-state index in [4.69, 9.17) is 0 Å². The highest BCUT2D eigenvalue weighted by molar-refractivity contribution is 8.13. The van der Waals surface area contributed by atoms with E-state index in [1.54, 1.807) is 0 Å². The van der Waals surface area contributed by atoms with Gasteiger partial charge in [0.15, 0.2) is 0 Å². The molecule has 0 amide bonds. The molecule has 0 aliphatic rings. The Morgan fingerprint density at radius 1 is 1.08 bits per heavy atom. The highest BCUT2D eigenvalue weighted by Gasteiger charge is 2.07. The van der Waals surface area contributed by atoms with E-state index < -0.39 is 11.4 Å². The van der Waals surface area contributed by atoms with Crippen molar-refractivity contribution >= 4 is 28.2 Å². The monoisotopic (exact) mass is 364 g/mol. The van der Waals surface area contributed by atoms with Crippen molar-refractivity contribution in [1.29, 1.82) is 0 Å². The lowest BCUT2D eigenvalue weighted by Gasteiger charge is -2.07. The summed E-state index contributed by atoms with van der Waals surface area (Å²) in [7, 11) is 0. The predicted molar refractivity (Wildman–Crippen MR) is 95.1 cm³/mol. The zero-order chi connectivity index (χ0) is 17.2. The van der Waals surface area contributed by atoms with E-state index in [0.717, 1.165) is 17.5 Å². The van der Waals surface area contributed by atoms with E-state index in [9.17, 15) is 13.6 Å². The van der Waals surface area contributed by atoms with Gasteiger partial charge in [0.2, 0.25) is 5.12 Å². The first-order valence-electron chi connectivity index (χ1n) is 7.38. The van der Waals surface area contributed by atoms with Crippen LogP contribution in [0.15, 0.2) is 54.6 Å². The zero-order valence-corrected chi connectivity index (χ0v) is 14.6. The summed E-state index contributed by atoms with van der Waals surface area (Å²) < 4.78 is 24.7. The average molecular weight is 364 g/mol. The maximum absolute atomic E-state index is 12.2. The van der Waals surface area contributed by atoms with Crippen LogP contribution >= 0.6 is 11.8 Å². The van der Waals surface area contributed by atoms with E-state index in [1.165, 1.54) is 11.8 Å². The van der Waals surface area contributed by atoms with Crippen LogP contribution in [0.5, 0.6) is 0 Å². The molecule has 0 aliphatic carbocycles. The summed E-state index contributed by atoms with van der Waals surface area (Å²) in [4.78, 5) is 12.2. The smallest absolute Gasteiger partial charge is 0.219 e. The molecule has 0 saturated heterocycles. The highest BCUT2D eigenvalue weighted by atomic mass is 32.2. The second kappa shape index (κ2) is 10.4. The number of rotatable bonds is 9. The molecule has 0 fully saturated rings. The number of carbonyl (C=O) groups is 1. The first kappa shape index (κ1) is 18.8. The SMILES string of the molecule is O=C(SCc1ccccc1)c1ccc(CCNCOS(=O)[O-])cc1. The van der Waals surface area contributed by atoms with Crippen molar-refractivity contribution in [2.75, 3.05) is 13.3 Å². The zero-order valence-electron chi connectivity index (χ0n) is 13.0. The van der Waals surface area contributed by atoms with Gasteiger partial charge in [-0.25, -0.2) is 4.21 Å². The van der Waals surface area contributed by atoms with E-state index >= 15 is 0 Å². The van der Waals surface area contributed by atoms with Gasteiger partial charge in [-0.3, -0.25) is 14.3 Å². The number of carbonyl (C=O) groups excluding carboxylic acids is 1. The van der Waals surface area contributed by atoms with Gasteiger partial charge in [0.1, 0.15) is 6.73 Å². The van der Waals surface area contributed by atoms with Crippen molar-refractivity contribution < 1.29 is 17.7 Å². The van der Waals surface area contributed by atoms with Crippen molar-refractivity contribution in [3.05, 3.63) is 71.3 Å². The molecular formula is C17H18NO4S2-. The molecule has 2 aromatic rings. The molecule has 1 N–H and O–H groups in total. The molecule has 2 rings (SSSR count). The van der Waals surface area contributed by atoms with Crippen molar-refractivity contribution in [3.8, 4) is 0 Å². The van der Waals surface area contributed by atoms with Gasteiger partial charge in [-0.1, -0.05) is 66.4 Å². The Hall–Kier alpha value is -1.51. The fourth-order valence-corrected chi connectivity index (χ4v) is 2.98. The first-order chi connectivity index (χ1) is 11.6. The number of nitrogens with one attached hydrogen (secondary N) is 1. The summed E-state index contributed by atoms with van der Waals surface area (Å²) >= 11 is -1.20. The van der Waals surface area contributed by atoms with Crippen LogP contribution in [0.4, 0.5) is 0 Å². The Kier molecular flexibility index (Phi) is 8.14. The van der Waals surface area contributed by atoms with Gasteiger partial charge in [0.05, 0.1) is 11.4 Å². The molecule has 0 spiro atoms. The molecule has 2 aromatic carbocycles. The van der Waals surface area contributed by atoms with Crippen LogP contribution in [0.1, 0.15) is 21.5 Å². The molecular weight excluding hydrogens is 346 g/mol. The van der Waals surface area contributed by atoms with Gasteiger partial charge in [0, 0.05) is 17.9 Å². The number of benzene rings is 2. The molecule has 1 unspecified atom stereocenters. The van der Waals surface area contributed by atoms with Crippen molar-refractivity contribution in [3.63, 3.8) is 0 Å². The minimum atomic E-state index is -2.49. The highest BCUT2D eigenvalue weighted by Crippen LogP contribution is 2.18. The second-order valence-corrected chi connectivity index (χ2v) is 6.57. The van der Waals surface area contributed by atoms with Gasteiger partial charge in [-0.05, 0) is 17.5 Å². The second-order valence-electron chi connectivity index (χ2n) is 4.97. The van der Waals surface area contributed by atoms with Crippen molar-refractivity contribution in [2.45, 2.75) is 12.2 Å². The summed E-state index contributed by atoms with van der Waals surface area (Å²) in [6, 6.07) is 17.3. The molecule has 128 valence electrons. The molecule has 0 bridgehead atoms. The first-order valence-corrected chi connectivity index (χ1v) is 9.37. The van der Waals surface area contributed by atoms with Gasteiger partial charge in [-0.2, -0.15) is 0 Å². The lowest BCUT2D eigenvalue weighted by atomic mass is 10.1. The Morgan fingerprint density at radius 3 is 2.46 bits per heavy atom. The van der Waals surface area contributed by atoms with Crippen LogP contribution in [0.25, 0.3) is 0 Å². The predicted octanol–water partition coefficient (Wildman–Crippen LogP) is 2.66. The van der Waals surface area contributed by atoms with Gasteiger partial charge < -0.3 is 4.55 Å². The molecule has 0 saturated carbocycles. The molecule has 0 aromatic heterocycles. The van der Waals surface area contributed by atoms with Gasteiger partial charge in [0.25, 0.3) is 0 Å². The Morgan fingerprint density at radius 2 is 1.79 bits per heavy atom. The number of thioether (sulfide) groups is 1. The molecule has 5 nitrogen and oxygen atoms in total. The molecule has 0 radical (unpaired) electrons. The standard InChI is InChI=1S/C17H19NO4S2/c19-17(23-12-15-4-2-1-3-5-15)16-8-6-14(7-9-16)10-11-18-13-22-24(20)21/h1-9,18H,10-13H2,(H,20,21)/p-1. The third-order valence-electron chi connectivity index (χ3n) is 3.25. The quantitative estimate of drug-likeness (QED) is 0.419. The van der Waals surface area contributed by atoms with Crippen molar-refractivity contribution in [2.24, 2.45) is 0 Å². The lowest BCUT2D eigenvalue weighted by Crippen LogP contribution is -2.21. The molecule has 0 heterocycles. The average Bonchev–Trinajstić information content (AvgIpc) is 2.60. The molecule has 1 atom stereocenters.